The van der Waals surface area contributed by atoms with Crippen LogP contribution in [0.5, 0.6) is 0 Å². The van der Waals surface area contributed by atoms with Gasteiger partial charge in [-0.1, -0.05) is 380 Å². The maximum absolute atomic E-state index is 15.5. The van der Waals surface area contributed by atoms with E-state index >= 15 is 9.59 Å². The summed E-state index contributed by atoms with van der Waals surface area (Å²) in [4.78, 5) is 83.6. The third kappa shape index (κ3) is 23.5. The summed E-state index contributed by atoms with van der Waals surface area (Å²) in [7, 11) is 0. The van der Waals surface area contributed by atoms with E-state index < -0.39 is 24.3 Å². The van der Waals surface area contributed by atoms with Gasteiger partial charge in [-0.05, 0) is 191 Å². The van der Waals surface area contributed by atoms with Crippen LogP contribution in [-0.2, 0) is 14.3 Å². The summed E-state index contributed by atoms with van der Waals surface area (Å²) in [5.41, 5.74) is 28.2. The number of allylic oxidation sites excluding steroid dienone is 1. The van der Waals surface area contributed by atoms with Gasteiger partial charge in [0.05, 0.1) is 56.7 Å². The summed E-state index contributed by atoms with van der Waals surface area (Å²) >= 11 is 0. The van der Waals surface area contributed by atoms with Crippen molar-refractivity contribution in [3.05, 3.63) is 348 Å². The number of aromatic amines is 4. The highest BCUT2D eigenvalue weighted by Gasteiger charge is 2.32. The largest absolute Gasteiger partial charge is 0.448 e. The van der Waals surface area contributed by atoms with Crippen molar-refractivity contribution in [2.45, 2.75) is 206 Å². The second kappa shape index (κ2) is 47.2. The molecular weight excluding hydrogens is 1710 g/mol. The quantitative estimate of drug-likeness (QED) is 0.0107. The third-order valence-electron chi connectivity index (χ3n) is 27.1. The Morgan fingerprint density at radius 2 is 0.475 bits per heavy atom. The summed E-state index contributed by atoms with van der Waals surface area (Å²) in [6.45, 7) is 4.54. The maximum Gasteiger partial charge on any atom is 0.340 e. The molecule has 10 heterocycles. The van der Waals surface area contributed by atoms with E-state index in [1.807, 2.05) is 91.0 Å². The van der Waals surface area contributed by atoms with Crippen LogP contribution in [0.4, 0.5) is 0 Å². The van der Waals surface area contributed by atoms with Gasteiger partial charge in [-0.15, -0.1) is 0 Å². The fourth-order valence-corrected chi connectivity index (χ4v) is 19.8. The van der Waals surface area contributed by atoms with Gasteiger partial charge in [-0.2, -0.15) is 0 Å². The van der Waals surface area contributed by atoms with Crippen LogP contribution in [0.3, 0.4) is 0 Å². The molecule has 14 heteroatoms. The first-order valence-corrected chi connectivity index (χ1v) is 50.9. The van der Waals surface area contributed by atoms with Crippen molar-refractivity contribution in [2.75, 3.05) is 0 Å². The molecule has 139 heavy (non-hydrogen) atoms. The summed E-state index contributed by atoms with van der Waals surface area (Å²) < 4.78 is 13.4. The van der Waals surface area contributed by atoms with Crippen LogP contribution in [0, 0.1) is 0 Å². The molecule has 0 saturated heterocycles. The molecule has 18 rings (SSSR count). The lowest BCUT2D eigenvalue weighted by atomic mass is 10.0. The van der Waals surface area contributed by atoms with Crippen LogP contribution < -0.4 is 5.32 Å². The molecule has 0 aliphatic carbocycles. The number of ether oxygens (including phenoxy) is 2. The summed E-state index contributed by atoms with van der Waals surface area (Å²) in [6.07, 6.45) is 49.7. The van der Waals surface area contributed by atoms with Gasteiger partial charge in [0, 0.05) is 95.1 Å². The van der Waals surface area contributed by atoms with Crippen LogP contribution in [-0.4, -0.2) is 70.0 Å². The lowest BCUT2D eigenvalue weighted by molar-refractivity contribution is -0.126. The van der Waals surface area contributed by atoms with Crippen molar-refractivity contribution in [3.8, 4) is 89.0 Å². The normalized spacial score (nSPS) is 12.5. The molecule has 6 aromatic heterocycles. The van der Waals surface area contributed by atoms with E-state index in [1.165, 1.54) is 122 Å². The Balaban J connectivity index is 0.696. The Morgan fingerprint density at radius 3 is 0.719 bits per heavy atom. The lowest BCUT2D eigenvalue weighted by Gasteiger charge is -2.26. The number of unbranched alkanes of at least 4 members (excludes halogenated alkanes) is 25. The van der Waals surface area contributed by atoms with E-state index in [2.05, 4.69) is 258 Å². The first kappa shape index (κ1) is 94.5. The number of fused-ring (bicyclic) bond motifs is 16. The van der Waals surface area contributed by atoms with Crippen LogP contribution in [0.25, 0.3) is 182 Å². The molecule has 16 bridgehead atoms. The minimum Gasteiger partial charge on any atom is -0.448 e. The van der Waals surface area contributed by atoms with Crippen molar-refractivity contribution in [2.24, 2.45) is 0 Å². The molecule has 8 aromatic carbocycles. The molecule has 0 spiro atoms. The number of aromatic nitrogens is 8. The van der Waals surface area contributed by atoms with Crippen molar-refractivity contribution in [1.82, 2.24) is 45.2 Å². The topological polar surface area (TPSA) is 196 Å². The van der Waals surface area contributed by atoms with Crippen molar-refractivity contribution in [3.63, 3.8) is 0 Å². The van der Waals surface area contributed by atoms with Crippen molar-refractivity contribution in [1.29, 1.82) is 0 Å². The molecule has 0 saturated carbocycles. The number of nitrogens with one attached hydrogen (secondary N) is 5. The Kier molecular flexibility index (Phi) is 32.1. The smallest absolute Gasteiger partial charge is 0.340 e. The fraction of sp³-hybridized carbons (Fsp3) is 0.256. The summed E-state index contributed by atoms with van der Waals surface area (Å²) in [5.74, 6) is -1.70. The van der Waals surface area contributed by atoms with E-state index in [0.29, 0.717) is 24.2 Å². The highest BCUT2D eigenvalue weighted by molar-refractivity contribution is 6.04. The van der Waals surface area contributed by atoms with E-state index in [9.17, 15) is 4.79 Å². The molecule has 14 aromatic rings. The molecule has 1 amide bonds. The SMILES string of the molecule is CCCCCCCCCCCCC/C=C\[C@@H](OC(=O)c1ccc(-c2c3nc(c(-c4ccccc4)c4ccc([nH]4)c(-c4ccccc4)c4nc(c(-c5ccccc5)c5ccc2[nH]5)C=C4)C=C3)cc1)[C@@H](NC(=O)CCCCCCCCCCCCCCCCC)OC(=O)c1ccc(-c2c3nc(c(-c4ccccc4)c4ccc([nH]4)c(-c4ccccc4)c4nc(c(-c5ccccc5)c5ccc2[nH]5)C=C4)C=C3)cc1. The highest BCUT2D eigenvalue weighted by Crippen LogP contribution is 2.43. The van der Waals surface area contributed by atoms with Crippen LogP contribution in [0.15, 0.2) is 291 Å². The molecule has 0 unspecified atom stereocenters. The van der Waals surface area contributed by atoms with Gasteiger partial charge < -0.3 is 34.7 Å². The van der Waals surface area contributed by atoms with Crippen molar-refractivity contribution < 1.29 is 23.9 Å². The van der Waals surface area contributed by atoms with E-state index in [0.717, 1.165) is 206 Å². The molecule has 2 atom stereocenters. The number of hydrogen-bond donors (Lipinski definition) is 5. The predicted molar refractivity (Wildman–Crippen MR) is 578 cm³/mol. The van der Waals surface area contributed by atoms with E-state index in [1.54, 1.807) is 30.3 Å². The Labute approximate surface area is 817 Å². The molecule has 4 aliphatic rings. The number of esters is 2. The monoisotopic (exact) mass is 1830 g/mol. The predicted octanol–water partition coefficient (Wildman–Crippen LogP) is 33.3. The number of H-pyrrole nitrogens is 4. The number of carbonyl (C=O) groups is 3. The zero-order chi connectivity index (χ0) is 94.7. The van der Waals surface area contributed by atoms with Crippen LogP contribution in [0.1, 0.15) is 260 Å². The Bertz CT molecular complexity index is 7030. The first-order chi connectivity index (χ1) is 68.6. The minimum atomic E-state index is -1.45. The molecular formula is C125H125N9O5. The van der Waals surface area contributed by atoms with Gasteiger partial charge in [0.2, 0.25) is 12.1 Å². The summed E-state index contributed by atoms with van der Waals surface area (Å²) in [5, 5.41) is 3.15. The van der Waals surface area contributed by atoms with Gasteiger partial charge in [-0.25, -0.2) is 29.5 Å². The average Bonchev–Trinajstić information content (AvgIpc) is 1.62. The number of carbonyl (C=O) groups excluding carboxylic acids is 3. The zero-order valence-electron chi connectivity index (χ0n) is 80.1. The molecule has 0 radical (unpaired) electrons. The van der Waals surface area contributed by atoms with Gasteiger partial charge in [0.25, 0.3) is 0 Å². The van der Waals surface area contributed by atoms with Gasteiger partial charge in [0.1, 0.15) is 0 Å². The number of hydrogen-bond acceptors (Lipinski definition) is 9. The summed E-state index contributed by atoms with van der Waals surface area (Å²) in [6, 6.07) is 94.0. The minimum absolute atomic E-state index is 0.187. The molecule has 700 valence electrons. The molecule has 5 N–H and O–H groups in total. The third-order valence-corrected chi connectivity index (χ3v) is 27.1. The van der Waals surface area contributed by atoms with E-state index in [4.69, 9.17) is 29.4 Å². The molecule has 14 nitrogen and oxygen atoms in total. The maximum atomic E-state index is 15.5. The number of amides is 1. The van der Waals surface area contributed by atoms with Gasteiger partial charge >= 0.3 is 11.9 Å². The van der Waals surface area contributed by atoms with Gasteiger partial charge in [-0.3, -0.25) is 4.79 Å². The number of nitrogens with zero attached hydrogens (tertiary/aromatic N) is 4. The van der Waals surface area contributed by atoms with Gasteiger partial charge in [0.15, 0.2) is 6.10 Å². The highest BCUT2D eigenvalue weighted by atomic mass is 16.6. The fourth-order valence-electron chi connectivity index (χ4n) is 19.8. The van der Waals surface area contributed by atoms with E-state index in [-0.39, 0.29) is 23.5 Å². The average molecular weight is 1830 g/mol. The Hall–Kier alpha value is -14.9. The second-order valence-electron chi connectivity index (χ2n) is 37.1. The standard InChI is InChI=1S/C125H125N9O5/c1-3-5-7-9-11-13-15-17-18-20-22-24-26-28-48-62-114(135)134-123(139-125(137)96-69-65-94(66-70-96)122-111-85-81-107(132-111)119(91-57-43-33-44-58-91)103-77-73-99(128-103)116(88-51-37-30-38-52-88)100-74-78-104(129-100)120(92-59-45-34-46-60-92)108-82-86-112(122)133-108)113(61-47-27-25-23-21-19-16-14-12-10-8-6-4-2)138-124(136)95-67-63-93(64-68-95)121-109-83-79-105(130-109)117(89-53-39-31-40-54-89)101-75-71-97(126-101)115(87-49-35-29-36-50-87)98-72-76-102(127-98)118(90-55-41-32-42-56-90)106-80-84-110(121)131-106/h29-47,49-61,63-86,113,123,126,128,131,133H,3-28,48,62H2,1-2H3,(H,134,135)/b61-47-,115-97?,115-98?,116-99?,116-100?,117-101?,117-105?,118-102?,118-106?,119-103?,119-107?,120-104?,120-108?,121-109?,121-110?,122-111?,122-112?/t113-,123+/m1/s1. The zero-order valence-corrected chi connectivity index (χ0v) is 80.1. The number of benzene rings is 8. The van der Waals surface area contributed by atoms with Crippen molar-refractivity contribution >= 4 is 111 Å². The molecule has 0 fully saturated rings. The number of rotatable bonds is 43. The second-order valence-corrected chi connectivity index (χ2v) is 37.1. The van der Waals surface area contributed by atoms with Crippen LogP contribution in [0.2, 0.25) is 0 Å². The lowest BCUT2D eigenvalue weighted by Crippen LogP contribution is -2.47. The Morgan fingerprint density at radius 1 is 0.259 bits per heavy atom. The molecule has 4 aliphatic heterocycles. The first-order valence-electron chi connectivity index (χ1n) is 50.9. The van der Waals surface area contributed by atoms with Crippen LogP contribution >= 0.6 is 0 Å².